The van der Waals surface area contributed by atoms with Crippen LogP contribution in [0.25, 0.3) is 22.2 Å². The minimum Gasteiger partial charge on any atom is -0.337 e. The quantitative estimate of drug-likeness (QED) is 0.186. The van der Waals surface area contributed by atoms with Crippen molar-refractivity contribution in [1.82, 2.24) is 20.1 Å². The maximum Gasteiger partial charge on any atom is 0.416 e. The van der Waals surface area contributed by atoms with Crippen LogP contribution >= 0.6 is 0 Å². The third kappa shape index (κ3) is 8.42. The number of rotatable bonds is 8. The highest BCUT2D eigenvalue weighted by atomic mass is 32.2. The fraction of sp³-hybridized carbons (Fsp3) is 0.405. The summed E-state index contributed by atoms with van der Waals surface area (Å²) in [4.78, 5) is 22.8. The summed E-state index contributed by atoms with van der Waals surface area (Å²) >= 11 is 0. The van der Waals surface area contributed by atoms with Gasteiger partial charge in [0.25, 0.3) is 5.91 Å². The molecule has 0 saturated carbocycles. The van der Waals surface area contributed by atoms with Gasteiger partial charge in [-0.05, 0) is 81.2 Å². The molecule has 2 fully saturated rings. The van der Waals surface area contributed by atoms with Crippen molar-refractivity contribution in [1.29, 1.82) is 0 Å². The summed E-state index contributed by atoms with van der Waals surface area (Å²) < 4.78 is 125. The van der Waals surface area contributed by atoms with Crippen LogP contribution in [0, 0.1) is 0 Å². The monoisotopic (exact) mass is 750 g/mol. The van der Waals surface area contributed by atoms with E-state index in [1.807, 2.05) is 4.90 Å². The van der Waals surface area contributed by atoms with E-state index >= 15 is 0 Å². The molecule has 6 rings (SSSR count). The molecule has 1 amide bonds. The number of nitrogens with one attached hydrogen (secondary N) is 1. The van der Waals surface area contributed by atoms with Crippen molar-refractivity contribution in [2.24, 2.45) is 0 Å². The fourth-order valence-electron chi connectivity index (χ4n) is 7.16. The maximum absolute atomic E-state index is 14.6. The normalized spacial score (nSPS) is 19.1. The Morgan fingerprint density at radius 2 is 1.63 bits per heavy atom. The van der Waals surface area contributed by atoms with Crippen LogP contribution < -0.4 is 5.32 Å². The summed E-state index contributed by atoms with van der Waals surface area (Å²) in [5, 5.41) is 2.03. The van der Waals surface area contributed by atoms with Crippen LogP contribution in [0.15, 0.2) is 77.7 Å². The average molecular weight is 751 g/mol. The first-order chi connectivity index (χ1) is 24.5. The zero-order valence-electron chi connectivity index (χ0n) is 28.1. The van der Waals surface area contributed by atoms with Crippen LogP contribution in [0.5, 0.6) is 0 Å². The van der Waals surface area contributed by atoms with Crippen molar-refractivity contribution in [3.63, 3.8) is 0 Å². The van der Waals surface area contributed by atoms with Crippen LogP contribution in [-0.2, 0) is 22.6 Å². The number of fused-ring (bicyclic) bond motifs is 1. The maximum atomic E-state index is 14.6. The van der Waals surface area contributed by atoms with Gasteiger partial charge < -0.3 is 5.32 Å². The topological polar surface area (TPSA) is 82.6 Å². The Hall–Kier alpha value is -4.08. The molecular formula is C37H37F7N4O3S. The summed E-state index contributed by atoms with van der Waals surface area (Å²) in [5.74, 6) is -1.20. The van der Waals surface area contributed by atoms with Gasteiger partial charge in [0, 0.05) is 41.9 Å². The molecule has 0 radical (unpaired) electrons. The molecule has 1 N–H and O–H groups in total. The second kappa shape index (κ2) is 14.7. The van der Waals surface area contributed by atoms with Gasteiger partial charge in [-0.3, -0.25) is 14.6 Å². The minimum absolute atomic E-state index is 0.00145. The number of carbonyl (C=O) groups is 1. The number of halogens is 7. The summed E-state index contributed by atoms with van der Waals surface area (Å²) in [6.07, 6.45) is -7.17. The van der Waals surface area contributed by atoms with Crippen molar-refractivity contribution in [3.05, 3.63) is 95.1 Å². The molecule has 2 saturated heterocycles. The van der Waals surface area contributed by atoms with E-state index in [9.17, 15) is 43.9 Å². The summed E-state index contributed by atoms with van der Waals surface area (Å²) in [5.41, 5.74) is -1.62. The second-order valence-corrected chi connectivity index (χ2v) is 15.5. The third-order valence-electron chi connectivity index (χ3n) is 9.76. The number of benzene rings is 3. The van der Waals surface area contributed by atoms with Gasteiger partial charge in [-0.1, -0.05) is 42.5 Å². The first-order valence-electron chi connectivity index (χ1n) is 16.9. The van der Waals surface area contributed by atoms with E-state index in [1.54, 1.807) is 0 Å². The fourth-order valence-corrected chi connectivity index (χ4v) is 7.81. The molecule has 15 heteroatoms. The number of alkyl halides is 7. The zero-order chi connectivity index (χ0) is 37.4. The highest BCUT2D eigenvalue weighted by Gasteiger charge is 2.43. The standard InChI is InChI=1S/C37H37F7N4O3S/c1-52(50,51)28-12-13-31-29(20-28)32(35(49)46-34(37(42,43)44)23-7-3-2-4-8-23)30(33(45-31)24-9-5-10-25(19-24)36(39,40)41)22-47-17-14-27(15-18-47)48-16-6-11-26(38)21-48/h2-5,7-10,12-13,19-20,26-27,34H,6,11,14-18,21-22H2,1H3,(H,46,49). The van der Waals surface area contributed by atoms with E-state index < -0.39 is 45.9 Å². The van der Waals surface area contributed by atoms with Crippen molar-refractivity contribution < 1.29 is 43.9 Å². The zero-order valence-corrected chi connectivity index (χ0v) is 29.0. The number of pyridine rings is 1. The smallest absolute Gasteiger partial charge is 0.337 e. The molecule has 0 aliphatic carbocycles. The van der Waals surface area contributed by atoms with E-state index in [2.05, 4.69) is 15.2 Å². The highest BCUT2D eigenvalue weighted by Crippen LogP contribution is 2.38. The summed E-state index contributed by atoms with van der Waals surface area (Å²) in [6, 6.07) is 12.3. The lowest BCUT2D eigenvalue weighted by atomic mass is 9.93. The first-order valence-corrected chi connectivity index (χ1v) is 18.8. The van der Waals surface area contributed by atoms with E-state index in [0.29, 0.717) is 38.9 Å². The molecule has 1 aromatic heterocycles. The molecule has 2 atom stereocenters. The van der Waals surface area contributed by atoms with Crippen LogP contribution in [0.1, 0.15) is 58.8 Å². The second-order valence-electron chi connectivity index (χ2n) is 13.4. The lowest BCUT2D eigenvalue weighted by Crippen LogP contribution is -2.48. The van der Waals surface area contributed by atoms with E-state index in [-0.39, 0.29) is 56.3 Å². The highest BCUT2D eigenvalue weighted by molar-refractivity contribution is 7.90. The molecule has 2 aliphatic heterocycles. The predicted octanol–water partition coefficient (Wildman–Crippen LogP) is 7.76. The van der Waals surface area contributed by atoms with Gasteiger partial charge in [-0.15, -0.1) is 0 Å². The lowest BCUT2D eigenvalue weighted by molar-refractivity contribution is -0.155. The SMILES string of the molecule is CS(=O)(=O)c1ccc2nc(-c3cccc(C(F)(F)F)c3)c(CN3CCC(N4CCCC(F)C4)CC3)c(C(=O)NC(c3ccccc3)C(F)(F)F)c2c1. The third-order valence-corrected chi connectivity index (χ3v) is 10.9. The van der Waals surface area contributed by atoms with E-state index in [1.165, 1.54) is 54.6 Å². The average Bonchev–Trinajstić information content (AvgIpc) is 3.09. The van der Waals surface area contributed by atoms with Crippen LogP contribution in [0.3, 0.4) is 0 Å². The molecule has 2 unspecified atom stereocenters. The number of hydrogen-bond donors (Lipinski definition) is 1. The van der Waals surface area contributed by atoms with Gasteiger partial charge in [0.05, 0.1) is 27.2 Å². The molecule has 3 heterocycles. The molecule has 2 aliphatic rings. The Morgan fingerprint density at radius 1 is 0.923 bits per heavy atom. The molecular weight excluding hydrogens is 713 g/mol. The number of aromatic nitrogens is 1. The van der Waals surface area contributed by atoms with Crippen molar-refractivity contribution in [3.8, 4) is 11.3 Å². The molecule has 278 valence electrons. The van der Waals surface area contributed by atoms with Crippen molar-refractivity contribution >= 4 is 26.6 Å². The van der Waals surface area contributed by atoms with Crippen molar-refractivity contribution in [2.75, 3.05) is 32.4 Å². The minimum atomic E-state index is -4.95. The Morgan fingerprint density at radius 3 is 2.27 bits per heavy atom. The molecule has 52 heavy (non-hydrogen) atoms. The van der Waals surface area contributed by atoms with Gasteiger partial charge in [-0.25, -0.2) is 17.8 Å². The Labute approximate surface area is 296 Å². The van der Waals surface area contributed by atoms with Crippen molar-refractivity contribution in [2.45, 2.75) is 67.7 Å². The summed E-state index contributed by atoms with van der Waals surface area (Å²) in [6.45, 7) is 1.87. The molecule has 7 nitrogen and oxygen atoms in total. The van der Waals surface area contributed by atoms with Gasteiger partial charge >= 0.3 is 12.4 Å². The number of sulfone groups is 1. The number of amides is 1. The van der Waals surface area contributed by atoms with E-state index in [4.69, 9.17) is 0 Å². The Balaban J connectivity index is 1.51. The predicted molar refractivity (Wildman–Crippen MR) is 182 cm³/mol. The lowest BCUT2D eigenvalue weighted by Gasteiger charge is -2.41. The van der Waals surface area contributed by atoms with Gasteiger partial charge in [-0.2, -0.15) is 26.3 Å². The molecule has 4 aromatic rings. The Bertz CT molecular complexity index is 2030. The molecule has 0 spiro atoms. The largest absolute Gasteiger partial charge is 0.416 e. The molecule has 0 bridgehead atoms. The Kier molecular flexibility index (Phi) is 10.7. The van der Waals surface area contributed by atoms with Gasteiger partial charge in [0.2, 0.25) is 0 Å². The van der Waals surface area contributed by atoms with Gasteiger partial charge in [0.15, 0.2) is 15.9 Å². The molecule has 3 aromatic carbocycles. The van der Waals surface area contributed by atoms with Crippen LogP contribution in [0.2, 0.25) is 0 Å². The number of hydrogen-bond acceptors (Lipinski definition) is 6. The van der Waals surface area contributed by atoms with Gasteiger partial charge in [0.1, 0.15) is 6.17 Å². The number of carbonyl (C=O) groups excluding carboxylic acids is 1. The summed E-state index contributed by atoms with van der Waals surface area (Å²) in [7, 11) is -3.88. The van der Waals surface area contributed by atoms with E-state index in [0.717, 1.165) is 37.4 Å². The number of likely N-dealkylation sites (tertiary alicyclic amines) is 2. The first kappa shape index (κ1) is 37.7. The number of piperidine rings is 2. The van der Waals surface area contributed by atoms with Crippen LogP contribution in [0.4, 0.5) is 30.7 Å². The number of nitrogens with zero attached hydrogens (tertiary/aromatic N) is 3. The van der Waals surface area contributed by atoms with Crippen LogP contribution in [-0.4, -0.2) is 79.9 Å².